The smallest absolute Gasteiger partial charge is 0.312 e. The van der Waals surface area contributed by atoms with Gasteiger partial charge in [-0.1, -0.05) is 56.5 Å². The van der Waals surface area contributed by atoms with Crippen molar-refractivity contribution in [2.45, 2.75) is 97.9 Å². The number of likely N-dealkylation sites (tertiary alicyclic amines) is 1. The predicted octanol–water partition coefficient (Wildman–Crippen LogP) is 6.38. The monoisotopic (exact) mass is 609 g/mol. The highest BCUT2D eigenvalue weighted by molar-refractivity contribution is 5.80. The minimum Gasteiger partial charge on any atom is -0.463 e. The molecule has 2 rings (SSSR count). The van der Waals surface area contributed by atoms with Crippen molar-refractivity contribution in [2.24, 2.45) is 10.8 Å². The first-order chi connectivity index (χ1) is 20.9. The first kappa shape index (κ1) is 36.3. The summed E-state index contributed by atoms with van der Waals surface area (Å²) >= 11 is 0. The molecule has 0 bridgehead atoms. The van der Waals surface area contributed by atoms with Crippen molar-refractivity contribution in [1.29, 1.82) is 10.7 Å². The van der Waals surface area contributed by atoms with Crippen LogP contribution in [-0.4, -0.2) is 54.4 Å². The molecule has 1 aliphatic rings. The molecule has 1 fully saturated rings. The van der Waals surface area contributed by atoms with Crippen LogP contribution in [-0.2, 0) is 33.6 Å². The van der Waals surface area contributed by atoms with Gasteiger partial charge in [0.2, 0.25) is 11.8 Å². The molecule has 1 heterocycles. The van der Waals surface area contributed by atoms with Crippen LogP contribution in [0.3, 0.4) is 0 Å². The summed E-state index contributed by atoms with van der Waals surface area (Å²) in [4.78, 5) is 49.8. The van der Waals surface area contributed by atoms with E-state index in [4.69, 9.17) is 24.7 Å². The molecule has 0 saturated carbocycles. The van der Waals surface area contributed by atoms with Gasteiger partial charge in [-0.2, -0.15) is 10.1 Å². The van der Waals surface area contributed by atoms with Crippen LogP contribution in [0.5, 0.6) is 0 Å². The Bertz CT molecular complexity index is 1240. The number of carbonyl (C=O) groups is 3. The minimum absolute atomic E-state index is 0.0388. The normalized spacial score (nSPS) is 16.8. The lowest BCUT2D eigenvalue weighted by Crippen LogP contribution is -2.44. The molecule has 1 N–H and O–H groups in total. The van der Waals surface area contributed by atoms with Gasteiger partial charge in [-0.15, -0.1) is 0 Å². The molecular weight excluding hydrogens is 562 g/mol. The van der Waals surface area contributed by atoms with E-state index < -0.39 is 22.8 Å². The quantitative estimate of drug-likeness (QED) is 0.0296. The molecule has 1 aromatic rings. The second kappa shape index (κ2) is 17.4. The Morgan fingerprint density at radius 1 is 1.16 bits per heavy atom. The summed E-state index contributed by atoms with van der Waals surface area (Å²) in [6.45, 7) is 13.1. The molecule has 1 saturated heterocycles. The molecule has 0 aliphatic carbocycles. The maximum atomic E-state index is 13.7. The summed E-state index contributed by atoms with van der Waals surface area (Å²) in [5.74, 6) is -0.898. The largest absolute Gasteiger partial charge is 0.463 e. The number of ether oxygens (including phenoxy) is 2. The van der Waals surface area contributed by atoms with E-state index in [9.17, 15) is 19.6 Å². The summed E-state index contributed by atoms with van der Waals surface area (Å²) in [5, 5.41) is 18.1. The first-order valence-electron chi connectivity index (χ1n) is 15.2. The average Bonchev–Trinajstić information content (AvgIpc) is 3.44. The maximum Gasteiger partial charge on any atom is 0.312 e. The second-order valence-corrected chi connectivity index (χ2v) is 12.1. The summed E-state index contributed by atoms with van der Waals surface area (Å²) in [5.41, 5.74) is 1.67. The number of rotatable bonds is 18. The Morgan fingerprint density at radius 2 is 1.86 bits per heavy atom. The lowest BCUT2D eigenvalue weighted by molar-refractivity contribution is -0.233. The van der Waals surface area contributed by atoms with Crippen molar-refractivity contribution in [2.75, 3.05) is 19.8 Å². The molecular formula is C34H47N3O7. The highest BCUT2D eigenvalue weighted by Crippen LogP contribution is 2.44. The van der Waals surface area contributed by atoms with Crippen molar-refractivity contribution in [3.05, 3.63) is 54.0 Å². The van der Waals surface area contributed by atoms with Crippen molar-refractivity contribution in [3.8, 4) is 6.07 Å². The molecule has 240 valence electrons. The first-order valence-corrected chi connectivity index (χ1v) is 15.2. The van der Waals surface area contributed by atoms with Crippen LogP contribution in [0, 0.1) is 27.6 Å². The van der Waals surface area contributed by atoms with Crippen LogP contribution in [0.1, 0.15) is 97.5 Å². The van der Waals surface area contributed by atoms with Gasteiger partial charge in [0.15, 0.2) is 0 Å². The number of carbonyl (C=O) groups excluding carboxylic acids is 3. The van der Waals surface area contributed by atoms with Gasteiger partial charge in [0.1, 0.15) is 19.0 Å². The Labute approximate surface area is 261 Å². The van der Waals surface area contributed by atoms with Crippen molar-refractivity contribution in [3.63, 3.8) is 0 Å². The highest BCUT2D eigenvalue weighted by atomic mass is 17.2. The molecule has 4 unspecified atom stereocenters. The average molecular weight is 610 g/mol. The number of hydrogen-bond donors (Lipinski definition) is 1. The number of amides is 1. The molecule has 4 atom stereocenters. The van der Waals surface area contributed by atoms with Crippen LogP contribution in [0.15, 0.2) is 48.4 Å². The van der Waals surface area contributed by atoms with Crippen molar-refractivity contribution < 1.29 is 33.6 Å². The number of nitrogens with zero attached hydrogens (tertiary/aromatic N) is 2. The number of hydrogen-bond acceptors (Lipinski definition) is 9. The maximum absolute atomic E-state index is 13.7. The third-order valence-electron chi connectivity index (χ3n) is 8.01. The van der Waals surface area contributed by atoms with Crippen LogP contribution < -0.4 is 0 Å². The van der Waals surface area contributed by atoms with E-state index in [1.165, 1.54) is 0 Å². The Hall–Kier alpha value is -3.93. The third-order valence-corrected chi connectivity index (χ3v) is 8.01. The van der Waals surface area contributed by atoms with Gasteiger partial charge >= 0.3 is 11.9 Å². The number of nitrogens with one attached hydrogen (secondary N) is 1. The topological polar surface area (TPSA) is 139 Å². The Balaban J connectivity index is 2.05. The molecule has 10 nitrogen and oxygen atoms in total. The van der Waals surface area contributed by atoms with Crippen LogP contribution in [0.4, 0.5) is 0 Å². The number of benzene rings is 1. The second-order valence-electron chi connectivity index (χ2n) is 12.1. The van der Waals surface area contributed by atoms with Crippen molar-refractivity contribution >= 4 is 23.7 Å². The zero-order valence-electron chi connectivity index (χ0n) is 26.8. The van der Waals surface area contributed by atoms with Crippen LogP contribution >= 0.6 is 0 Å². The summed E-state index contributed by atoms with van der Waals surface area (Å²) in [7, 11) is 0. The molecule has 44 heavy (non-hydrogen) atoms. The predicted molar refractivity (Wildman–Crippen MR) is 165 cm³/mol. The van der Waals surface area contributed by atoms with Gasteiger partial charge < -0.3 is 19.3 Å². The summed E-state index contributed by atoms with van der Waals surface area (Å²) in [6.07, 6.45) is 3.00. The van der Waals surface area contributed by atoms with Crippen LogP contribution in [0.25, 0.3) is 0 Å². The fraction of sp³-hybridized carbons (Fsp3) is 0.588. The zero-order valence-corrected chi connectivity index (χ0v) is 26.8. The fourth-order valence-corrected chi connectivity index (χ4v) is 5.84. The highest BCUT2D eigenvalue weighted by Gasteiger charge is 2.45. The third kappa shape index (κ3) is 11.3. The van der Waals surface area contributed by atoms with E-state index in [1.54, 1.807) is 6.92 Å². The van der Waals surface area contributed by atoms with E-state index in [2.05, 4.69) is 25.3 Å². The van der Waals surface area contributed by atoms with Gasteiger partial charge in [0.05, 0.1) is 23.3 Å². The molecule has 0 aromatic heterocycles. The summed E-state index contributed by atoms with van der Waals surface area (Å²) in [6, 6.07) is 12.3. The fourth-order valence-electron chi connectivity index (χ4n) is 5.84. The lowest BCUT2D eigenvalue weighted by atomic mass is 9.67. The van der Waals surface area contributed by atoms with Gasteiger partial charge in [0, 0.05) is 32.4 Å². The number of nitriles is 1. The van der Waals surface area contributed by atoms with Crippen molar-refractivity contribution in [1.82, 2.24) is 4.90 Å². The van der Waals surface area contributed by atoms with Gasteiger partial charge in [-0.3, -0.25) is 19.8 Å². The lowest BCUT2D eigenvalue weighted by Gasteiger charge is -2.39. The van der Waals surface area contributed by atoms with E-state index in [0.717, 1.165) is 12.0 Å². The number of allylic oxidation sites excluding steroid dienone is 1. The Morgan fingerprint density at radius 3 is 2.45 bits per heavy atom. The molecule has 1 aromatic carbocycles. The van der Waals surface area contributed by atoms with Gasteiger partial charge in [-0.25, -0.2) is 0 Å². The molecule has 1 amide bonds. The van der Waals surface area contributed by atoms with E-state index in [0.29, 0.717) is 32.2 Å². The van der Waals surface area contributed by atoms with Gasteiger partial charge in [-0.05, 0) is 57.4 Å². The zero-order chi connectivity index (χ0) is 32.8. The standard InChI is InChI=1S/C34H47N3O7/c1-7-26(4)43-31(39)17-16-29(36)44-42-20-19-41-32(40)34(6,22-28(8-2)37-18-12-15-30(37)38)23-33(5,24-35)21-25(3)27-13-10-9-11-14-27/h9-11,13-14,25,28,36H,1,8,12,15-23H2,2-6H3. The van der Waals surface area contributed by atoms with E-state index in [-0.39, 0.29) is 62.0 Å². The molecule has 1 aliphatic heterocycles. The van der Waals surface area contributed by atoms with E-state index in [1.807, 2.05) is 56.0 Å². The number of esters is 2. The summed E-state index contributed by atoms with van der Waals surface area (Å²) < 4.78 is 10.6. The van der Waals surface area contributed by atoms with Crippen LogP contribution in [0.2, 0.25) is 0 Å². The van der Waals surface area contributed by atoms with E-state index >= 15 is 0 Å². The molecule has 0 radical (unpaired) electrons. The Kier molecular flexibility index (Phi) is 14.3. The SMILES string of the molecule is C=C=C(C)OC(=O)CCC(=N)OOCCOC(=O)C(C)(CC(CC)N1CCCC1=O)CC(C)(C#N)CC(C)c1ccccc1. The van der Waals surface area contributed by atoms with Gasteiger partial charge in [0.25, 0.3) is 0 Å². The minimum atomic E-state index is -1.06. The molecule has 10 heteroatoms. The molecule has 0 spiro atoms.